The zero-order valence-corrected chi connectivity index (χ0v) is 6.94. The van der Waals surface area contributed by atoms with E-state index in [1.54, 1.807) is 6.92 Å². The van der Waals surface area contributed by atoms with Crippen LogP contribution >= 0.6 is 0 Å². The zero-order chi connectivity index (χ0) is 9.35. The number of phenols is 1. The second kappa shape index (κ2) is 2.73. The van der Waals surface area contributed by atoms with Crippen molar-refractivity contribution in [1.82, 2.24) is 0 Å². The second-order valence-electron chi connectivity index (χ2n) is 2.89. The molecule has 3 heteroatoms. The van der Waals surface area contributed by atoms with Gasteiger partial charge >= 0.3 is 0 Å². The third kappa shape index (κ3) is 1.72. The van der Waals surface area contributed by atoms with E-state index in [1.807, 2.05) is 0 Å². The van der Waals surface area contributed by atoms with E-state index in [-0.39, 0.29) is 11.3 Å². The summed E-state index contributed by atoms with van der Waals surface area (Å²) in [5.74, 6) is -2.79. The van der Waals surface area contributed by atoms with Crippen molar-refractivity contribution in [2.75, 3.05) is 0 Å². The first-order valence-corrected chi connectivity index (χ1v) is 3.59. The number of alkyl halides is 2. The van der Waals surface area contributed by atoms with Crippen LogP contribution in [-0.4, -0.2) is 5.11 Å². The molecule has 0 aliphatic heterocycles. The summed E-state index contributed by atoms with van der Waals surface area (Å²) in [6.07, 6.45) is 0. The van der Waals surface area contributed by atoms with Crippen LogP contribution in [0.1, 0.15) is 18.1 Å². The van der Waals surface area contributed by atoms with Crippen LogP contribution in [0.5, 0.6) is 5.75 Å². The van der Waals surface area contributed by atoms with Crippen molar-refractivity contribution in [3.63, 3.8) is 0 Å². The van der Waals surface area contributed by atoms with Gasteiger partial charge < -0.3 is 5.11 Å². The van der Waals surface area contributed by atoms with Crippen molar-refractivity contribution < 1.29 is 13.9 Å². The Morgan fingerprint density at radius 1 is 1.33 bits per heavy atom. The lowest BCUT2D eigenvalue weighted by Crippen LogP contribution is -2.06. The molecule has 0 atom stereocenters. The van der Waals surface area contributed by atoms with Gasteiger partial charge in [-0.05, 0) is 30.7 Å². The Kier molecular flexibility index (Phi) is 2.04. The zero-order valence-electron chi connectivity index (χ0n) is 6.94. The van der Waals surface area contributed by atoms with Crippen LogP contribution in [0.4, 0.5) is 8.78 Å². The summed E-state index contributed by atoms with van der Waals surface area (Å²) >= 11 is 0. The maximum absolute atomic E-state index is 12.7. The predicted octanol–water partition coefficient (Wildman–Crippen LogP) is 2.81. The van der Waals surface area contributed by atoms with Crippen molar-refractivity contribution in [2.24, 2.45) is 0 Å². The topological polar surface area (TPSA) is 20.2 Å². The molecule has 0 amide bonds. The summed E-state index contributed by atoms with van der Waals surface area (Å²) in [5, 5.41) is 9.06. The molecule has 12 heavy (non-hydrogen) atoms. The van der Waals surface area contributed by atoms with Crippen LogP contribution in [-0.2, 0) is 5.92 Å². The average molecular weight is 172 g/mol. The fourth-order valence-electron chi connectivity index (χ4n) is 0.929. The summed E-state index contributed by atoms with van der Waals surface area (Å²) < 4.78 is 25.4. The van der Waals surface area contributed by atoms with Crippen LogP contribution in [0.25, 0.3) is 0 Å². The summed E-state index contributed by atoms with van der Waals surface area (Å²) in [6.45, 7) is 2.42. The number of halogens is 2. The monoisotopic (exact) mass is 172 g/mol. The SMILES string of the molecule is Cc1cc(C(C)(F)F)ccc1O. The molecule has 0 radical (unpaired) electrons. The molecular formula is C9H10F2O. The highest BCUT2D eigenvalue weighted by atomic mass is 19.3. The molecule has 1 aromatic carbocycles. The van der Waals surface area contributed by atoms with Crippen LogP contribution in [0.15, 0.2) is 18.2 Å². The number of hydrogen-bond donors (Lipinski definition) is 1. The molecule has 0 aliphatic carbocycles. The van der Waals surface area contributed by atoms with Gasteiger partial charge in [0.2, 0.25) is 0 Å². The highest BCUT2D eigenvalue weighted by molar-refractivity contribution is 5.36. The van der Waals surface area contributed by atoms with Gasteiger partial charge in [0, 0.05) is 12.5 Å². The molecule has 0 heterocycles. The normalized spacial score (nSPS) is 11.7. The number of hydrogen-bond acceptors (Lipinski definition) is 1. The van der Waals surface area contributed by atoms with E-state index in [4.69, 9.17) is 5.11 Å². The summed E-state index contributed by atoms with van der Waals surface area (Å²) in [7, 11) is 0. The molecule has 0 aliphatic rings. The van der Waals surface area contributed by atoms with E-state index in [0.717, 1.165) is 6.92 Å². The Bertz CT molecular complexity index is 289. The van der Waals surface area contributed by atoms with Crippen LogP contribution in [0.2, 0.25) is 0 Å². The van der Waals surface area contributed by atoms with Gasteiger partial charge in [0.05, 0.1) is 0 Å². The maximum Gasteiger partial charge on any atom is 0.270 e. The van der Waals surface area contributed by atoms with E-state index < -0.39 is 5.92 Å². The molecule has 0 saturated heterocycles. The fourth-order valence-corrected chi connectivity index (χ4v) is 0.929. The standard InChI is InChI=1S/C9H10F2O/c1-6-5-7(9(2,10)11)3-4-8(6)12/h3-5,12H,1-2H3. The van der Waals surface area contributed by atoms with Crippen LogP contribution < -0.4 is 0 Å². The summed E-state index contributed by atoms with van der Waals surface area (Å²) in [5.41, 5.74) is 0.395. The first-order valence-electron chi connectivity index (χ1n) is 3.59. The molecule has 0 bridgehead atoms. The van der Waals surface area contributed by atoms with Crippen molar-refractivity contribution in [1.29, 1.82) is 0 Å². The Morgan fingerprint density at radius 2 is 1.92 bits per heavy atom. The van der Waals surface area contributed by atoms with Gasteiger partial charge in [-0.15, -0.1) is 0 Å². The van der Waals surface area contributed by atoms with Gasteiger partial charge in [0.25, 0.3) is 5.92 Å². The van der Waals surface area contributed by atoms with Crippen molar-refractivity contribution in [2.45, 2.75) is 19.8 Å². The van der Waals surface area contributed by atoms with Gasteiger partial charge in [-0.1, -0.05) is 0 Å². The van der Waals surface area contributed by atoms with E-state index in [0.29, 0.717) is 5.56 Å². The van der Waals surface area contributed by atoms with Crippen LogP contribution in [0.3, 0.4) is 0 Å². The molecule has 0 saturated carbocycles. The highest BCUT2D eigenvalue weighted by Gasteiger charge is 2.24. The number of benzene rings is 1. The Hall–Kier alpha value is -1.12. The van der Waals surface area contributed by atoms with Crippen molar-refractivity contribution in [3.05, 3.63) is 29.3 Å². The van der Waals surface area contributed by atoms with Crippen molar-refractivity contribution >= 4 is 0 Å². The third-order valence-corrected chi connectivity index (χ3v) is 1.70. The Balaban J connectivity index is 3.14. The number of aromatic hydroxyl groups is 1. The first kappa shape index (κ1) is 8.97. The maximum atomic E-state index is 12.7. The predicted molar refractivity (Wildman–Crippen MR) is 42.4 cm³/mol. The van der Waals surface area contributed by atoms with Gasteiger partial charge in [0.15, 0.2) is 0 Å². The number of aryl methyl sites for hydroxylation is 1. The molecular weight excluding hydrogens is 162 g/mol. The highest BCUT2D eigenvalue weighted by Crippen LogP contribution is 2.29. The van der Waals surface area contributed by atoms with E-state index >= 15 is 0 Å². The fraction of sp³-hybridized carbons (Fsp3) is 0.333. The molecule has 1 nitrogen and oxygen atoms in total. The van der Waals surface area contributed by atoms with Crippen LogP contribution in [0, 0.1) is 6.92 Å². The summed E-state index contributed by atoms with van der Waals surface area (Å²) in [4.78, 5) is 0. The lowest BCUT2D eigenvalue weighted by atomic mass is 10.1. The molecule has 0 spiro atoms. The number of phenolic OH excluding ortho intramolecular Hbond substituents is 1. The van der Waals surface area contributed by atoms with Gasteiger partial charge in [0.1, 0.15) is 5.75 Å². The third-order valence-electron chi connectivity index (χ3n) is 1.70. The second-order valence-corrected chi connectivity index (χ2v) is 2.89. The van der Waals surface area contributed by atoms with E-state index in [1.165, 1.54) is 18.2 Å². The summed E-state index contributed by atoms with van der Waals surface area (Å²) in [6, 6.07) is 3.79. The smallest absolute Gasteiger partial charge is 0.270 e. The van der Waals surface area contributed by atoms with Gasteiger partial charge in [-0.3, -0.25) is 0 Å². The quantitative estimate of drug-likeness (QED) is 0.690. The Labute approximate surface area is 69.7 Å². The van der Waals surface area contributed by atoms with E-state index in [2.05, 4.69) is 0 Å². The molecule has 1 N–H and O–H groups in total. The molecule has 1 aromatic rings. The number of rotatable bonds is 1. The minimum absolute atomic E-state index is 0.0444. The first-order chi connectivity index (χ1) is 5.41. The molecule has 0 aromatic heterocycles. The minimum Gasteiger partial charge on any atom is -0.508 e. The molecule has 0 fully saturated rings. The largest absolute Gasteiger partial charge is 0.508 e. The lowest BCUT2D eigenvalue weighted by molar-refractivity contribution is 0.0174. The van der Waals surface area contributed by atoms with E-state index in [9.17, 15) is 8.78 Å². The molecule has 0 unspecified atom stereocenters. The Morgan fingerprint density at radius 3 is 2.33 bits per heavy atom. The molecule has 66 valence electrons. The minimum atomic E-state index is -2.83. The lowest BCUT2D eigenvalue weighted by Gasteiger charge is -2.11. The average Bonchev–Trinajstić information content (AvgIpc) is 1.92. The molecule has 1 rings (SSSR count). The van der Waals surface area contributed by atoms with Gasteiger partial charge in [-0.25, -0.2) is 8.78 Å². The van der Waals surface area contributed by atoms with Gasteiger partial charge in [-0.2, -0.15) is 0 Å². The van der Waals surface area contributed by atoms with Crippen molar-refractivity contribution in [3.8, 4) is 5.75 Å².